The predicted molar refractivity (Wildman–Crippen MR) is 149 cm³/mol. The first-order chi connectivity index (χ1) is 17.9. The number of rotatable bonds is 5. The molecule has 3 aromatic carbocycles. The lowest BCUT2D eigenvalue weighted by atomic mass is 9.93. The molecule has 182 valence electrons. The van der Waals surface area contributed by atoms with Crippen LogP contribution in [0.2, 0.25) is 5.02 Å². The number of thiazole rings is 1. The number of aliphatic carboxylic acids is 1. The molecule has 0 radical (unpaired) electrons. The lowest BCUT2D eigenvalue weighted by Crippen LogP contribution is -2.04. The molecule has 0 bridgehead atoms. The van der Waals surface area contributed by atoms with E-state index in [1.165, 1.54) is 0 Å². The van der Waals surface area contributed by atoms with Crippen molar-refractivity contribution in [2.45, 2.75) is 13.3 Å². The fourth-order valence-electron chi connectivity index (χ4n) is 4.70. The van der Waals surface area contributed by atoms with Crippen molar-refractivity contribution in [3.63, 3.8) is 0 Å². The second-order valence-corrected chi connectivity index (χ2v) is 10.4. The second-order valence-electron chi connectivity index (χ2n) is 8.96. The van der Waals surface area contributed by atoms with Crippen LogP contribution in [0.25, 0.3) is 54.1 Å². The molecular weight excluding hydrogens is 504 g/mol. The Balaban J connectivity index is 1.50. The summed E-state index contributed by atoms with van der Waals surface area (Å²) in [6.45, 7) is 1.94. The standard InChI is InChI=1S/C29H21ClN4O2S/c1-16-11-24-28(27(22(16)14-26(35)36)17-3-6-21(30)7-4-17)37-29(33-24)19-9-10-31-23(13-19)18-5-8-25-20(12-18)15-32-34(25)2/h3-13,15H,14H2,1-2H3,(H,35,36). The number of fused-ring (bicyclic) bond motifs is 2. The summed E-state index contributed by atoms with van der Waals surface area (Å²) in [7, 11) is 1.93. The third kappa shape index (κ3) is 4.26. The maximum Gasteiger partial charge on any atom is 0.307 e. The molecule has 0 atom stereocenters. The average Bonchev–Trinajstić information content (AvgIpc) is 3.48. The number of hydrogen-bond acceptors (Lipinski definition) is 5. The Hall–Kier alpha value is -4.07. The summed E-state index contributed by atoms with van der Waals surface area (Å²) in [5, 5.41) is 16.5. The molecule has 3 heterocycles. The Morgan fingerprint density at radius 1 is 1.03 bits per heavy atom. The summed E-state index contributed by atoms with van der Waals surface area (Å²) in [4.78, 5) is 21.3. The van der Waals surface area contributed by atoms with Crippen molar-refractivity contribution in [3.05, 3.63) is 89.2 Å². The molecule has 6 nitrogen and oxygen atoms in total. The lowest BCUT2D eigenvalue weighted by Gasteiger charge is -2.13. The molecule has 0 saturated heterocycles. The molecule has 0 fully saturated rings. The van der Waals surface area contributed by atoms with Gasteiger partial charge in [-0.25, -0.2) is 4.98 Å². The van der Waals surface area contributed by atoms with E-state index in [1.54, 1.807) is 17.5 Å². The van der Waals surface area contributed by atoms with E-state index in [1.807, 2.05) is 67.3 Å². The fraction of sp³-hybridized carbons (Fsp3) is 0.103. The fourth-order valence-corrected chi connectivity index (χ4v) is 5.96. The number of halogens is 1. The highest BCUT2D eigenvalue weighted by molar-refractivity contribution is 7.22. The highest BCUT2D eigenvalue weighted by atomic mass is 35.5. The van der Waals surface area contributed by atoms with Gasteiger partial charge in [-0.15, -0.1) is 11.3 Å². The normalized spacial score (nSPS) is 11.4. The summed E-state index contributed by atoms with van der Waals surface area (Å²) >= 11 is 7.70. The Kier molecular flexibility index (Phi) is 5.74. The molecule has 6 aromatic rings. The smallest absolute Gasteiger partial charge is 0.307 e. The monoisotopic (exact) mass is 524 g/mol. The van der Waals surface area contributed by atoms with Gasteiger partial charge >= 0.3 is 5.97 Å². The lowest BCUT2D eigenvalue weighted by molar-refractivity contribution is -0.136. The Morgan fingerprint density at radius 3 is 2.59 bits per heavy atom. The molecule has 8 heteroatoms. The van der Waals surface area contributed by atoms with Crippen LogP contribution in [0.3, 0.4) is 0 Å². The second kappa shape index (κ2) is 9.10. The van der Waals surface area contributed by atoms with E-state index in [0.29, 0.717) is 5.02 Å². The van der Waals surface area contributed by atoms with Gasteiger partial charge in [0, 0.05) is 40.3 Å². The SMILES string of the molecule is Cc1cc2nc(-c3ccnc(-c4ccc5c(cnn5C)c4)c3)sc2c(-c2ccc(Cl)cc2)c1CC(=O)O. The summed E-state index contributed by atoms with van der Waals surface area (Å²) in [5.41, 5.74) is 8.22. The molecular formula is C29H21ClN4O2S. The first-order valence-electron chi connectivity index (χ1n) is 11.7. The van der Waals surface area contributed by atoms with Gasteiger partial charge in [0.25, 0.3) is 0 Å². The molecule has 0 unspecified atom stereocenters. The van der Waals surface area contributed by atoms with Gasteiger partial charge in [-0.2, -0.15) is 5.10 Å². The van der Waals surface area contributed by atoms with Gasteiger partial charge in [0.2, 0.25) is 0 Å². The zero-order valence-corrected chi connectivity index (χ0v) is 21.6. The summed E-state index contributed by atoms with van der Waals surface area (Å²) < 4.78 is 2.80. The summed E-state index contributed by atoms with van der Waals surface area (Å²) in [5.74, 6) is -0.869. The number of nitrogens with zero attached hydrogens (tertiary/aromatic N) is 4. The van der Waals surface area contributed by atoms with Crippen LogP contribution in [0.5, 0.6) is 0 Å². The zero-order chi connectivity index (χ0) is 25.7. The van der Waals surface area contributed by atoms with E-state index in [9.17, 15) is 9.90 Å². The first kappa shape index (κ1) is 23.3. The number of carboxylic acids is 1. The number of benzene rings is 3. The molecule has 0 amide bonds. The van der Waals surface area contributed by atoms with Crippen LogP contribution >= 0.6 is 22.9 Å². The van der Waals surface area contributed by atoms with E-state index in [-0.39, 0.29) is 6.42 Å². The van der Waals surface area contributed by atoms with Crippen LogP contribution < -0.4 is 0 Å². The third-order valence-corrected chi connectivity index (χ3v) is 7.91. The van der Waals surface area contributed by atoms with Crippen LogP contribution in [-0.4, -0.2) is 30.8 Å². The largest absolute Gasteiger partial charge is 0.481 e. The van der Waals surface area contributed by atoms with Crippen LogP contribution in [0.15, 0.2) is 73.1 Å². The zero-order valence-electron chi connectivity index (χ0n) is 20.1. The van der Waals surface area contributed by atoms with Crippen molar-refractivity contribution in [1.29, 1.82) is 0 Å². The minimum atomic E-state index is -0.869. The third-order valence-electron chi connectivity index (χ3n) is 6.52. The van der Waals surface area contributed by atoms with E-state index in [2.05, 4.69) is 28.3 Å². The van der Waals surface area contributed by atoms with Gasteiger partial charge in [-0.3, -0.25) is 14.5 Å². The molecule has 37 heavy (non-hydrogen) atoms. The number of aromatic nitrogens is 4. The van der Waals surface area contributed by atoms with E-state index in [0.717, 1.165) is 65.2 Å². The van der Waals surface area contributed by atoms with Crippen molar-refractivity contribution < 1.29 is 9.90 Å². The van der Waals surface area contributed by atoms with Crippen LogP contribution in [0, 0.1) is 6.92 Å². The Bertz CT molecular complexity index is 1820. The highest BCUT2D eigenvalue weighted by Crippen LogP contribution is 2.41. The van der Waals surface area contributed by atoms with Crippen LogP contribution in [0.4, 0.5) is 0 Å². The number of carbonyl (C=O) groups is 1. The van der Waals surface area contributed by atoms with E-state index < -0.39 is 5.97 Å². The molecule has 0 aliphatic carbocycles. The van der Waals surface area contributed by atoms with Gasteiger partial charge < -0.3 is 5.11 Å². The average molecular weight is 525 g/mol. The molecule has 0 aliphatic rings. The van der Waals surface area contributed by atoms with Gasteiger partial charge in [-0.05, 0) is 66.1 Å². The maximum absolute atomic E-state index is 11.7. The molecule has 0 saturated carbocycles. The molecule has 0 spiro atoms. The topological polar surface area (TPSA) is 80.9 Å². The maximum atomic E-state index is 11.7. The summed E-state index contributed by atoms with van der Waals surface area (Å²) in [6.07, 6.45) is 3.58. The van der Waals surface area contributed by atoms with Crippen LogP contribution in [-0.2, 0) is 18.3 Å². The van der Waals surface area contributed by atoms with Gasteiger partial charge in [-0.1, -0.05) is 29.8 Å². The summed E-state index contributed by atoms with van der Waals surface area (Å²) in [6, 6.07) is 19.7. The molecule has 3 aromatic heterocycles. The number of aryl methyl sites for hydroxylation is 2. The van der Waals surface area contributed by atoms with Crippen molar-refractivity contribution in [1.82, 2.24) is 19.7 Å². The molecule has 6 rings (SSSR count). The number of carboxylic acid groups (broad SMARTS) is 1. The van der Waals surface area contributed by atoms with Crippen molar-refractivity contribution in [3.8, 4) is 33.0 Å². The van der Waals surface area contributed by atoms with Crippen molar-refractivity contribution in [2.24, 2.45) is 7.05 Å². The minimum absolute atomic E-state index is 0.0663. The van der Waals surface area contributed by atoms with Crippen molar-refractivity contribution >= 4 is 50.0 Å². The minimum Gasteiger partial charge on any atom is -0.481 e. The van der Waals surface area contributed by atoms with E-state index in [4.69, 9.17) is 16.6 Å². The quantitative estimate of drug-likeness (QED) is 0.258. The van der Waals surface area contributed by atoms with E-state index >= 15 is 0 Å². The van der Waals surface area contributed by atoms with Crippen LogP contribution in [0.1, 0.15) is 11.1 Å². The first-order valence-corrected chi connectivity index (χ1v) is 12.9. The molecule has 0 aliphatic heterocycles. The number of pyridine rings is 1. The predicted octanol–water partition coefficient (Wildman–Crippen LogP) is 7.17. The van der Waals surface area contributed by atoms with Crippen molar-refractivity contribution in [2.75, 3.05) is 0 Å². The Labute approximate surface area is 221 Å². The van der Waals surface area contributed by atoms with Gasteiger partial charge in [0.1, 0.15) is 5.01 Å². The molecule has 1 N–H and O–H groups in total. The van der Waals surface area contributed by atoms with Gasteiger partial charge in [0.15, 0.2) is 0 Å². The highest BCUT2D eigenvalue weighted by Gasteiger charge is 2.20. The number of hydrogen-bond donors (Lipinski definition) is 1. The van der Waals surface area contributed by atoms with Gasteiger partial charge in [0.05, 0.1) is 34.0 Å². The Morgan fingerprint density at radius 2 is 1.81 bits per heavy atom.